The van der Waals surface area contributed by atoms with Crippen molar-refractivity contribution < 1.29 is 23.1 Å². The Morgan fingerprint density at radius 3 is 2.38 bits per heavy atom. The van der Waals surface area contributed by atoms with Crippen LogP contribution >= 0.6 is 0 Å². The molecule has 37 heavy (non-hydrogen) atoms. The Balaban J connectivity index is 1.22. The topological polar surface area (TPSA) is 114 Å². The maximum Gasteiger partial charge on any atom is 0.258 e. The third kappa shape index (κ3) is 5.43. The molecule has 0 aromatic carbocycles. The van der Waals surface area contributed by atoms with Crippen molar-refractivity contribution in [2.24, 2.45) is 23.7 Å². The van der Waals surface area contributed by atoms with E-state index in [0.717, 1.165) is 51.4 Å². The second kappa shape index (κ2) is 10.2. The van der Waals surface area contributed by atoms with Gasteiger partial charge in [0.05, 0.1) is 23.2 Å². The maximum absolute atomic E-state index is 13.5. The van der Waals surface area contributed by atoms with Crippen LogP contribution < -0.4 is 10.1 Å². The number of carbonyl (C=O) groups excluding carboxylic acids is 1. The van der Waals surface area contributed by atoms with Gasteiger partial charge in [-0.2, -0.15) is 5.10 Å². The lowest BCUT2D eigenvalue weighted by Crippen LogP contribution is -2.61. The minimum Gasteiger partial charge on any atom is -0.475 e. The number of nitrogens with zero attached hydrogens (tertiary/aromatic N) is 3. The summed E-state index contributed by atoms with van der Waals surface area (Å²) in [6.45, 7) is 9.11. The molecule has 5 fully saturated rings. The number of sulfonamides is 1. The minimum atomic E-state index is -3.20. The molecule has 6 rings (SSSR count). The summed E-state index contributed by atoms with van der Waals surface area (Å²) < 4.78 is 34.5. The lowest BCUT2D eigenvalue weighted by atomic mass is 9.52. The SMILES string of the molecule is CC(C)Oc1c(C(=O)NC2C3CC4CC2CC(O)(C4)C3)cnn1CCC1CCN(S(=O)(=O)C(C)C)CC1. The van der Waals surface area contributed by atoms with Crippen molar-refractivity contribution in [3.8, 4) is 5.88 Å². The van der Waals surface area contributed by atoms with E-state index in [1.54, 1.807) is 29.0 Å². The molecule has 0 radical (unpaired) electrons. The second-order valence-electron chi connectivity index (χ2n) is 12.7. The van der Waals surface area contributed by atoms with Gasteiger partial charge >= 0.3 is 0 Å². The van der Waals surface area contributed by atoms with E-state index in [1.165, 1.54) is 0 Å². The van der Waals surface area contributed by atoms with E-state index in [4.69, 9.17) is 4.74 Å². The van der Waals surface area contributed by atoms with E-state index in [9.17, 15) is 18.3 Å². The third-order valence-electron chi connectivity index (χ3n) is 9.20. The Morgan fingerprint density at radius 2 is 1.81 bits per heavy atom. The highest BCUT2D eigenvalue weighted by atomic mass is 32.2. The van der Waals surface area contributed by atoms with Crippen LogP contribution in [0.25, 0.3) is 0 Å². The summed E-state index contributed by atoms with van der Waals surface area (Å²) in [6.07, 6.45) is 8.73. The Kier molecular flexibility index (Phi) is 7.39. The van der Waals surface area contributed by atoms with Crippen LogP contribution in [0.4, 0.5) is 0 Å². The van der Waals surface area contributed by atoms with Crippen LogP contribution in [0.2, 0.25) is 0 Å². The molecule has 1 saturated heterocycles. The zero-order valence-electron chi connectivity index (χ0n) is 22.7. The van der Waals surface area contributed by atoms with Crippen LogP contribution in [0, 0.1) is 23.7 Å². The first-order valence-corrected chi connectivity index (χ1v) is 15.7. The summed E-state index contributed by atoms with van der Waals surface area (Å²) in [5.41, 5.74) is -0.0528. The zero-order chi connectivity index (χ0) is 26.5. The minimum absolute atomic E-state index is 0.0955. The summed E-state index contributed by atoms with van der Waals surface area (Å²) in [7, 11) is -3.20. The molecule has 2 N–H and O–H groups in total. The molecular formula is C27H44N4O5S. The predicted molar refractivity (Wildman–Crippen MR) is 141 cm³/mol. The van der Waals surface area contributed by atoms with Crippen molar-refractivity contribution in [2.75, 3.05) is 13.1 Å². The number of hydrogen-bond acceptors (Lipinski definition) is 6. The van der Waals surface area contributed by atoms with Crippen LogP contribution in [0.3, 0.4) is 0 Å². The highest BCUT2D eigenvalue weighted by molar-refractivity contribution is 7.89. The van der Waals surface area contributed by atoms with Crippen molar-refractivity contribution in [3.05, 3.63) is 11.8 Å². The Morgan fingerprint density at radius 1 is 1.16 bits per heavy atom. The van der Waals surface area contributed by atoms with E-state index in [-0.39, 0.29) is 18.1 Å². The van der Waals surface area contributed by atoms with Crippen LogP contribution in [0.5, 0.6) is 5.88 Å². The fraction of sp³-hybridized carbons (Fsp3) is 0.852. The fourth-order valence-electron chi connectivity index (χ4n) is 7.54. The number of rotatable bonds is 9. The summed E-state index contributed by atoms with van der Waals surface area (Å²) in [5.74, 6) is 2.06. The van der Waals surface area contributed by atoms with Gasteiger partial charge in [0.25, 0.3) is 5.91 Å². The van der Waals surface area contributed by atoms with Crippen LogP contribution in [0.15, 0.2) is 6.20 Å². The van der Waals surface area contributed by atoms with Gasteiger partial charge < -0.3 is 15.2 Å². The van der Waals surface area contributed by atoms with Crippen molar-refractivity contribution in [1.29, 1.82) is 0 Å². The van der Waals surface area contributed by atoms with Gasteiger partial charge in [-0.25, -0.2) is 17.4 Å². The predicted octanol–water partition coefficient (Wildman–Crippen LogP) is 3.18. The first kappa shape index (κ1) is 26.9. The first-order chi connectivity index (χ1) is 17.4. The molecule has 1 aliphatic heterocycles. The molecule has 0 spiro atoms. The molecule has 9 nitrogen and oxygen atoms in total. The van der Waals surface area contributed by atoms with Gasteiger partial charge in [0.15, 0.2) is 0 Å². The van der Waals surface area contributed by atoms with Crippen molar-refractivity contribution in [2.45, 2.75) is 109 Å². The number of hydrogen-bond donors (Lipinski definition) is 2. The average Bonchev–Trinajstić information content (AvgIpc) is 3.21. The number of ether oxygens (including phenoxy) is 1. The number of nitrogens with one attached hydrogen (secondary N) is 1. The molecule has 4 saturated carbocycles. The van der Waals surface area contributed by atoms with Gasteiger partial charge in [0.2, 0.25) is 15.9 Å². The largest absolute Gasteiger partial charge is 0.475 e. The summed E-state index contributed by atoms with van der Waals surface area (Å²) in [5, 5.41) is 18.3. The van der Waals surface area contributed by atoms with E-state index in [0.29, 0.717) is 54.7 Å². The van der Waals surface area contributed by atoms with Gasteiger partial charge in [-0.3, -0.25) is 4.79 Å². The van der Waals surface area contributed by atoms with Crippen molar-refractivity contribution in [1.82, 2.24) is 19.4 Å². The Labute approximate surface area is 221 Å². The Hall–Kier alpha value is -1.65. The number of piperidine rings is 1. The fourth-order valence-corrected chi connectivity index (χ4v) is 8.85. The van der Waals surface area contributed by atoms with E-state index in [1.807, 2.05) is 13.8 Å². The first-order valence-electron chi connectivity index (χ1n) is 14.2. The normalized spacial score (nSPS) is 32.4. The molecule has 2 heterocycles. The highest BCUT2D eigenvalue weighted by Gasteiger charge is 2.55. The van der Waals surface area contributed by atoms with E-state index < -0.39 is 20.9 Å². The molecule has 10 heteroatoms. The van der Waals surface area contributed by atoms with E-state index >= 15 is 0 Å². The third-order valence-corrected chi connectivity index (χ3v) is 11.5. The molecule has 1 amide bonds. The highest BCUT2D eigenvalue weighted by Crippen LogP contribution is 2.55. The number of aryl methyl sites for hydroxylation is 1. The molecule has 1 aromatic heterocycles. The van der Waals surface area contributed by atoms with Gasteiger partial charge in [-0.1, -0.05) is 0 Å². The number of amides is 1. The molecule has 4 aliphatic carbocycles. The molecule has 2 unspecified atom stereocenters. The monoisotopic (exact) mass is 536 g/mol. The number of carbonyl (C=O) groups is 1. The molecule has 4 bridgehead atoms. The summed E-state index contributed by atoms with van der Waals surface area (Å²) in [4.78, 5) is 13.5. The molecule has 2 atom stereocenters. The smallest absolute Gasteiger partial charge is 0.258 e. The lowest BCUT2D eigenvalue weighted by Gasteiger charge is -2.58. The van der Waals surface area contributed by atoms with Gasteiger partial charge in [-0.15, -0.1) is 0 Å². The second-order valence-corrected chi connectivity index (χ2v) is 15.2. The molecule has 5 aliphatic rings. The lowest BCUT2D eigenvalue weighted by molar-refractivity contribution is -0.136. The molecular weight excluding hydrogens is 492 g/mol. The molecule has 208 valence electrons. The van der Waals surface area contributed by atoms with Crippen LogP contribution in [0.1, 0.15) is 89.4 Å². The quantitative estimate of drug-likeness (QED) is 0.501. The van der Waals surface area contributed by atoms with Crippen LogP contribution in [-0.4, -0.2) is 69.6 Å². The zero-order valence-corrected chi connectivity index (χ0v) is 23.5. The van der Waals surface area contributed by atoms with Crippen LogP contribution in [-0.2, 0) is 16.6 Å². The standard InChI is InChI=1S/C27H44N4O5S/c1-17(2)36-26-23(25(32)29-24-21-11-20-12-22(24)15-27(33,13-20)14-21)16-28-31(26)10-7-19-5-8-30(9-6-19)37(34,35)18(3)4/h16-22,24,33H,5-15H2,1-4H3,(H,29,32). The van der Waals surface area contributed by atoms with E-state index in [2.05, 4.69) is 10.4 Å². The van der Waals surface area contributed by atoms with Crippen molar-refractivity contribution in [3.63, 3.8) is 0 Å². The number of aliphatic hydroxyl groups is 1. The summed E-state index contributed by atoms with van der Waals surface area (Å²) in [6, 6.07) is 0.104. The summed E-state index contributed by atoms with van der Waals surface area (Å²) >= 11 is 0. The van der Waals surface area contributed by atoms with Gasteiger partial charge in [-0.05, 0) is 103 Å². The maximum atomic E-state index is 13.5. The van der Waals surface area contributed by atoms with Gasteiger partial charge in [0.1, 0.15) is 5.56 Å². The van der Waals surface area contributed by atoms with Crippen molar-refractivity contribution >= 4 is 15.9 Å². The van der Waals surface area contributed by atoms with Gasteiger partial charge in [0, 0.05) is 25.7 Å². The Bertz CT molecular complexity index is 1080. The average molecular weight is 537 g/mol. The molecule has 1 aromatic rings. The number of aromatic nitrogens is 2.